The standard InChI is InChI=1S/C23H18N4O2/c1-25-19-9-11-20(12-10-19)26-23(29)27(21-13-7-17(15-24)8-14-21)16-22(28)18-5-3-2-4-6-18/h2-14,22,28H,16H2,(H,26,29). The summed E-state index contributed by atoms with van der Waals surface area (Å²) in [5.41, 5.74) is 2.74. The molecule has 0 aliphatic heterocycles. The monoisotopic (exact) mass is 382 g/mol. The van der Waals surface area contributed by atoms with E-state index in [1.807, 2.05) is 24.3 Å². The summed E-state index contributed by atoms with van der Waals surface area (Å²) < 4.78 is 0. The first-order valence-corrected chi connectivity index (χ1v) is 8.90. The van der Waals surface area contributed by atoms with Gasteiger partial charge in [-0.05, 0) is 42.0 Å². The van der Waals surface area contributed by atoms with Gasteiger partial charge in [0.25, 0.3) is 0 Å². The van der Waals surface area contributed by atoms with Gasteiger partial charge in [-0.15, -0.1) is 0 Å². The van der Waals surface area contributed by atoms with E-state index in [-0.39, 0.29) is 6.54 Å². The number of nitrogens with one attached hydrogen (secondary N) is 1. The average molecular weight is 382 g/mol. The topological polar surface area (TPSA) is 80.7 Å². The quantitative estimate of drug-likeness (QED) is 0.617. The van der Waals surface area contributed by atoms with Gasteiger partial charge in [-0.25, -0.2) is 9.64 Å². The predicted molar refractivity (Wildman–Crippen MR) is 112 cm³/mol. The van der Waals surface area contributed by atoms with Crippen molar-refractivity contribution in [2.45, 2.75) is 6.10 Å². The molecule has 0 radical (unpaired) electrons. The van der Waals surface area contributed by atoms with Gasteiger partial charge in [0.1, 0.15) is 0 Å². The molecule has 2 N–H and O–H groups in total. The van der Waals surface area contributed by atoms with E-state index >= 15 is 0 Å². The largest absolute Gasteiger partial charge is 0.387 e. The second-order valence-corrected chi connectivity index (χ2v) is 6.28. The highest BCUT2D eigenvalue weighted by Gasteiger charge is 2.21. The maximum atomic E-state index is 13.0. The Balaban J connectivity index is 1.85. The fraction of sp³-hybridized carbons (Fsp3) is 0.0870. The van der Waals surface area contributed by atoms with Crippen molar-refractivity contribution in [2.75, 3.05) is 16.8 Å². The molecule has 0 spiro atoms. The molecule has 3 rings (SSSR count). The van der Waals surface area contributed by atoms with Crippen molar-refractivity contribution >= 4 is 23.1 Å². The van der Waals surface area contributed by atoms with Crippen LogP contribution in [0.2, 0.25) is 0 Å². The number of carbonyl (C=O) groups excluding carboxylic acids is 1. The Morgan fingerprint density at radius 1 is 1.07 bits per heavy atom. The van der Waals surface area contributed by atoms with E-state index in [4.69, 9.17) is 11.8 Å². The first-order valence-electron chi connectivity index (χ1n) is 8.90. The number of nitrogens with zero attached hydrogens (tertiary/aromatic N) is 3. The number of carbonyl (C=O) groups is 1. The van der Waals surface area contributed by atoms with Crippen LogP contribution >= 0.6 is 0 Å². The van der Waals surface area contributed by atoms with Crippen LogP contribution < -0.4 is 10.2 Å². The van der Waals surface area contributed by atoms with Crippen molar-refractivity contribution in [2.24, 2.45) is 0 Å². The number of amides is 2. The molecule has 142 valence electrons. The van der Waals surface area contributed by atoms with Crippen LogP contribution in [0.15, 0.2) is 78.9 Å². The van der Waals surface area contributed by atoms with Gasteiger partial charge in [-0.3, -0.25) is 4.90 Å². The number of rotatable bonds is 5. The summed E-state index contributed by atoms with van der Waals surface area (Å²) >= 11 is 0. The maximum Gasteiger partial charge on any atom is 0.326 e. The van der Waals surface area contributed by atoms with Crippen LogP contribution in [0.3, 0.4) is 0 Å². The lowest BCUT2D eigenvalue weighted by molar-refractivity contribution is 0.183. The minimum Gasteiger partial charge on any atom is -0.387 e. The van der Waals surface area contributed by atoms with Gasteiger partial charge in [0.05, 0.1) is 30.9 Å². The molecule has 0 fully saturated rings. The highest BCUT2D eigenvalue weighted by Crippen LogP contribution is 2.23. The Morgan fingerprint density at radius 2 is 1.72 bits per heavy atom. The van der Waals surface area contributed by atoms with Crippen LogP contribution in [0.4, 0.5) is 21.9 Å². The molecule has 3 aromatic rings. The lowest BCUT2D eigenvalue weighted by Crippen LogP contribution is -2.38. The normalized spacial score (nSPS) is 11.0. The Kier molecular flexibility index (Phi) is 6.22. The van der Waals surface area contributed by atoms with Crippen LogP contribution in [0.1, 0.15) is 17.2 Å². The Hall–Kier alpha value is -4.13. The molecule has 0 heterocycles. The van der Waals surface area contributed by atoms with Gasteiger partial charge in [0.15, 0.2) is 5.69 Å². The van der Waals surface area contributed by atoms with Crippen molar-refractivity contribution in [1.82, 2.24) is 0 Å². The van der Waals surface area contributed by atoms with E-state index in [1.165, 1.54) is 4.90 Å². The number of nitriles is 1. The third kappa shape index (κ3) is 4.98. The maximum absolute atomic E-state index is 13.0. The van der Waals surface area contributed by atoms with Crippen molar-refractivity contribution in [3.05, 3.63) is 101 Å². The number of hydrogen-bond acceptors (Lipinski definition) is 3. The molecule has 1 atom stereocenters. The van der Waals surface area contributed by atoms with E-state index in [1.54, 1.807) is 60.7 Å². The lowest BCUT2D eigenvalue weighted by Gasteiger charge is -2.26. The summed E-state index contributed by atoms with van der Waals surface area (Å²) in [6.07, 6.45) is -0.887. The van der Waals surface area contributed by atoms with Gasteiger partial charge < -0.3 is 10.4 Å². The number of hydrogen-bond donors (Lipinski definition) is 2. The summed E-state index contributed by atoms with van der Waals surface area (Å²) in [5, 5.41) is 22.4. The van der Waals surface area contributed by atoms with E-state index in [0.717, 1.165) is 0 Å². The highest BCUT2D eigenvalue weighted by atomic mass is 16.3. The van der Waals surface area contributed by atoms with Crippen molar-refractivity contribution in [1.29, 1.82) is 5.26 Å². The molecule has 0 aromatic heterocycles. The highest BCUT2D eigenvalue weighted by molar-refractivity contribution is 6.01. The summed E-state index contributed by atoms with van der Waals surface area (Å²) in [4.78, 5) is 17.7. The molecule has 0 saturated carbocycles. The average Bonchev–Trinajstić information content (AvgIpc) is 2.78. The lowest BCUT2D eigenvalue weighted by atomic mass is 10.1. The summed E-state index contributed by atoms with van der Waals surface area (Å²) in [7, 11) is 0. The molecule has 1 unspecified atom stereocenters. The number of aliphatic hydroxyl groups excluding tert-OH is 1. The van der Waals surface area contributed by atoms with Crippen molar-refractivity contribution in [3.63, 3.8) is 0 Å². The zero-order valence-corrected chi connectivity index (χ0v) is 15.5. The number of urea groups is 1. The molecule has 0 bridgehead atoms. The van der Waals surface area contributed by atoms with E-state index < -0.39 is 12.1 Å². The van der Waals surface area contributed by atoms with Gasteiger partial charge in [-0.2, -0.15) is 5.26 Å². The van der Waals surface area contributed by atoms with Gasteiger partial charge in [0.2, 0.25) is 0 Å². The molecule has 0 aliphatic carbocycles. The molecule has 6 nitrogen and oxygen atoms in total. The Labute approximate surface area is 169 Å². The predicted octanol–water partition coefficient (Wildman–Crippen LogP) is 4.88. The van der Waals surface area contributed by atoms with Gasteiger partial charge in [0, 0.05) is 11.4 Å². The summed E-state index contributed by atoms with van der Waals surface area (Å²) in [5.74, 6) is 0. The second-order valence-electron chi connectivity index (χ2n) is 6.28. The third-order valence-corrected chi connectivity index (χ3v) is 4.34. The van der Waals surface area contributed by atoms with Gasteiger partial charge >= 0.3 is 6.03 Å². The van der Waals surface area contributed by atoms with E-state index in [0.29, 0.717) is 28.2 Å². The van der Waals surface area contributed by atoms with E-state index in [2.05, 4.69) is 10.2 Å². The Morgan fingerprint density at radius 3 is 2.31 bits per heavy atom. The smallest absolute Gasteiger partial charge is 0.326 e. The number of anilines is 2. The molecular formula is C23H18N4O2. The van der Waals surface area contributed by atoms with Crippen LogP contribution in [-0.2, 0) is 0 Å². The zero-order valence-electron chi connectivity index (χ0n) is 15.5. The van der Waals surface area contributed by atoms with Gasteiger partial charge in [-0.1, -0.05) is 42.5 Å². The molecule has 6 heteroatoms. The minimum absolute atomic E-state index is 0.0296. The number of benzene rings is 3. The van der Waals surface area contributed by atoms with Crippen LogP contribution in [0, 0.1) is 17.9 Å². The fourth-order valence-electron chi connectivity index (χ4n) is 2.79. The first kappa shape index (κ1) is 19.6. The van der Waals surface area contributed by atoms with Crippen LogP contribution in [0.25, 0.3) is 4.85 Å². The van der Waals surface area contributed by atoms with Crippen LogP contribution in [0.5, 0.6) is 0 Å². The number of aliphatic hydroxyl groups is 1. The van der Waals surface area contributed by atoms with Crippen LogP contribution in [-0.4, -0.2) is 17.7 Å². The fourth-order valence-corrected chi connectivity index (χ4v) is 2.79. The zero-order chi connectivity index (χ0) is 20.6. The van der Waals surface area contributed by atoms with E-state index in [9.17, 15) is 9.90 Å². The van der Waals surface area contributed by atoms with Crippen molar-refractivity contribution in [3.8, 4) is 6.07 Å². The summed E-state index contributed by atoms with van der Waals surface area (Å²) in [6.45, 7) is 7.04. The first-order chi connectivity index (χ1) is 14.1. The molecule has 2 amide bonds. The summed E-state index contributed by atoms with van der Waals surface area (Å²) in [6, 6.07) is 23.8. The third-order valence-electron chi connectivity index (χ3n) is 4.34. The molecule has 0 aliphatic rings. The second kappa shape index (κ2) is 9.18. The minimum atomic E-state index is -0.887. The SMILES string of the molecule is [C-]#[N+]c1ccc(NC(=O)N(CC(O)c2ccccc2)c2ccc(C#N)cc2)cc1. The molecular weight excluding hydrogens is 364 g/mol. The van der Waals surface area contributed by atoms with Crippen molar-refractivity contribution < 1.29 is 9.90 Å². The molecule has 29 heavy (non-hydrogen) atoms. The molecule has 3 aromatic carbocycles. The Bertz CT molecular complexity index is 1050. The molecule has 0 saturated heterocycles.